The highest BCUT2D eigenvalue weighted by Crippen LogP contribution is 2.24. The summed E-state index contributed by atoms with van der Waals surface area (Å²) < 4.78 is 26.3. The molecule has 0 fully saturated rings. The van der Waals surface area contributed by atoms with E-state index in [9.17, 15) is 9.18 Å². The van der Waals surface area contributed by atoms with Gasteiger partial charge in [0.15, 0.2) is 22.5 Å². The molecule has 0 bridgehead atoms. The van der Waals surface area contributed by atoms with Gasteiger partial charge in [-0.3, -0.25) is 9.36 Å². The van der Waals surface area contributed by atoms with E-state index in [0.717, 1.165) is 5.69 Å². The van der Waals surface area contributed by atoms with Crippen LogP contribution in [0.1, 0.15) is 19.7 Å². The summed E-state index contributed by atoms with van der Waals surface area (Å²) in [6, 6.07) is 15.6. The summed E-state index contributed by atoms with van der Waals surface area (Å²) in [5.41, 5.74) is 0.819. The summed E-state index contributed by atoms with van der Waals surface area (Å²) in [7, 11) is 0. The fraction of sp³-hybridized carbons (Fsp3) is 0.250. The van der Waals surface area contributed by atoms with Gasteiger partial charge in [0, 0.05) is 5.69 Å². The molecule has 0 aliphatic carbocycles. The van der Waals surface area contributed by atoms with Crippen LogP contribution in [0.5, 0.6) is 5.75 Å². The predicted molar refractivity (Wildman–Crippen MR) is 104 cm³/mol. The number of aromatic nitrogens is 3. The topological polar surface area (TPSA) is 66.2 Å². The number of esters is 1. The summed E-state index contributed by atoms with van der Waals surface area (Å²) in [6.45, 7) is 3.63. The zero-order valence-corrected chi connectivity index (χ0v) is 16.4. The molecule has 1 aromatic heterocycles. The minimum atomic E-state index is -0.445. The molecule has 0 saturated heterocycles. The van der Waals surface area contributed by atoms with E-state index < -0.39 is 5.82 Å². The molecule has 0 atom stereocenters. The van der Waals surface area contributed by atoms with Gasteiger partial charge >= 0.3 is 5.97 Å². The number of carbonyl (C=O) groups excluding carboxylic acids is 1. The van der Waals surface area contributed by atoms with Crippen molar-refractivity contribution in [2.75, 3.05) is 5.75 Å². The molecular weight excluding hydrogens is 381 g/mol. The molecule has 28 heavy (non-hydrogen) atoms. The van der Waals surface area contributed by atoms with E-state index in [1.54, 1.807) is 36.6 Å². The van der Waals surface area contributed by atoms with Crippen LogP contribution in [0.25, 0.3) is 5.69 Å². The Kier molecular flexibility index (Phi) is 6.65. The lowest BCUT2D eigenvalue weighted by Gasteiger charge is -2.12. The third-order valence-corrected chi connectivity index (χ3v) is 4.50. The number of para-hydroxylation sites is 2. The van der Waals surface area contributed by atoms with Crippen LogP contribution in [0.4, 0.5) is 4.39 Å². The Labute approximate surface area is 166 Å². The highest BCUT2D eigenvalue weighted by molar-refractivity contribution is 7.99. The standard InChI is InChI=1S/C20H20FN3O3S/c1-14(2)27-19(25)13-28-20-23-22-18(24(20)15-8-4-3-5-9-15)12-26-17-11-7-6-10-16(17)21/h3-11,14H,12-13H2,1-2H3. The molecule has 1 heterocycles. The number of carbonyl (C=O) groups is 1. The molecule has 0 unspecified atom stereocenters. The predicted octanol–water partition coefficient (Wildman–Crippen LogP) is 4.03. The van der Waals surface area contributed by atoms with Crippen LogP contribution in [0.15, 0.2) is 59.8 Å². The first-order valence-electron chi connectivity index (χ1n) is 8.74. The van der Waals surface area contributed by atoms with Crippen LogP contribution in [0.3, 0.4) is 0 Å². The molecule has 0 amide bonds. The Balaban J connectivity index is 1.81. The van der Waals surface area contributed by atoms with Crippen molar-refractivity contribution in [2.24, 2.45) is 0 Å². The minimum absolute atomic E-state index is 0.0276. The molecule has 3 rings (SSSR count). The van der Waals surface area contributed by atoms with E-state index in [4.69, 9.17) is 9.47 Å². The fourth-order valence-corrected chi connectivity index (χ4v) is 3.20. The van der Waals surface area contributed by atoms with Crippen molar-refractivity contribution in [1.29, 1.82) is 0 Å². The third-order valence-electron chi connectivity index (χ3n) is 3.59. The molecule has 8 heteroatoms. The van der Waals surface area contributed by atoms with Gasteiger partial charge in [0.05, 0.1) is 11.9 Å². The third kappa shape index (κ3) is 5.10. The Morgan fingerprint density at radius 1 is 1.11 bits per heavy atom. The molecule has 3 aromatic rings. The number of benzene rings is 2. The second kappa shape index (κ2) is 9.36. The summed E-state index contributed by atoms with van der Waals surface area (Å²) in [4.78, 5) is 11.9. The number of hydrogen-bond donors (Lipinski definition) is 0. The molecular formula is C20H20FN3O3S. The van der Waals surface area contributed by atoms with Crippen LogP contribution in [0, 0.1) is 5.82 Å². The van der Waals surface area contributed by atoms with Gasteiger partial charge in [-0.1, -0.05) is 42.1 Å². The number of nitrogens with zero attached hydrogens (tertiary/aromatic N) is 3. The Bertz CT molecular complexity index is 931. The SMILES string of the molecule is CC(C)OC(=O)CSc1nnc(COc2ccccc2F)n1-c1ccccc1. The van der Waals surface area contributed by atoms with Gasteiger partial charge in [-0.2, -0.15) is 0 Å². The molecule has 0 aliphatic heterocycles. The molecule has 6 nitrogen and oxygen atoms in total. The molecule has 146 valence electrons. The van der Waals surface area contributed by atoms with Crippen LogP contribution in [-0.2, 0) is 16.1 Å². The lowest BCUT2D eigenvalue weighted by Crippen LogP contribution is -2.14. The van der Waals surface area contributed by atoms with Crippen LogP contribution < -0.4 is 4.74 Å². The molecule has 0 spiro atoms. The lowest BCUT2D eigenvalue weighted by molar-refractivity contribution is -0.144. The Hall–Kier alpha value is -2.87. The van der Waals surface area contributed by atoms with Crippen molar-refractivity contribution >= 4 is 17.7 Å². The number of halogens is 1. The summed E-state index contributed by atoms with van der Waals surface area (Å²) >= 11 is 1.22. The highest BCUT2D eigenvalue weighted by atomic mass is 32.2. The normalized spacial score (nSPS) is 10.9. The summed E-state index contributed by atoms with van der Waals surface area (Å²) in [6.07, 6.45) is -0.176. The maximum atomic E-state index is 13.8. The maximum Gasteiger partial charge on any atom is 0.316 e. The van der Waals surface area contributed by atoms with Gasteiger partial charge in [-0.05, 0) is 38.1 Å². The van der Waals surface area contributed by atoms with Crippen LogP contribution in [0.2, 0.25) is 0 Å². The first-order valence-corrected chi connectivity index (χ1v) is 9.72. The highest BCUT2D eigenvalue weighted by Gasteiger charge is 2.17. The quantitative estimate of drug-likeness (QED) is 0.419. The van der Waals surface area contributed by atoms with Gasteiger partial charge in [-0.25, -0.2) is 4.39 Å². The number of ether oxygens (including phenoxy) is 2. The average molecular weight is 401 g/mol. The zero-order chi connectivity index (χ0) is 19.9. The Morgan fingerprint density at radius 2 is 1.82 bits per heavy atom. The van der Waals surface area contributed by atoms with E-state index >= 15 is 0 Å². The second-order valence-corrected chi connectivity index (χ2v) is 7.06. The minimum Gasteiger partial charge on any atom is -0.483 e. The van der Waals surface area contributed by atoms with Crippen molar-refractivity contribution in [2.45, 2.75) is 31.7 Å². The van der Waals surface area contributed by atoms with E-state index in [1.807, 2.05) is 30.3 Å². The molecule has 0 saturated carbocycles. The van der Waals surface area contributed by atoms with Crippen LogP contribution >= 0.6 is 11.8 Å². The van der Waals surface area contributed by atoms with E-state index in [2.05, 4.69) is 10.2 Å². The van der Waals surface area contributed by atoms with E-state index in [-0.39, 0.29) is 30.2 Å². The second-order valence-electron chi connectivity index (χ2n) is 6.12. The first-order chi connectivity index (χ1) is 13.5. The zero-order valence-electron chi connectivity index (χ0n) is 15.5. The van der Waals surface area contributed by atoms with Crippen molar-refractivity contribution < 1.29 is 18.7 Å². The number of rotatable bonds is 8. The van der Waals surface area contributed by atoms with Crippen molar-refractivity contribution in [3.63, 3.8) is 0 Å². The number of thioether (sulfide) groups is 1. The van der Waals surface area contributed by atoms with Crippen molar-refractivity contribution in [3.05, 3.63) is 66.2 Å². The van der Waals surface area contributed by atoms with Gasteiger partial charge in [0.1, 0.15) is 6.61 Å². The maximum absolute atomic E-state index is 13.8. The molecule has 0 radical (unpaired) electrons. The number of hydrogen-bond acceptors (Lipinski definition) is 6. The summed E-state index contributed by atoms with van der Waals surface area (Å²) in [5, 5.41) is 8.87. The van der Waals surface area contributed by atoms with Crippen molar-refractivity contribution in [3.8, 4) is 11.4 Å². The van der Waals surface area contributed by atoms with Crippen molar-refractivity contribution in [1.82, 2.24) is 14.8 Å². The summed E-state index contributed by atoms with van der Waals surface area (Å²) in [5.74, 6) is -0.0304. The average Bonchev–Trinajstić information content (AvgIpc) is 3.09. The van der Waals surface area contributed by atoms with E-state index in [1.165, 1.54) is 17.8 Å². The largest absolute Gasteiger partial charge is 0.483 e. The van der Waals surface area contributed by atoms with Gasteiger partial charge in [0.25, 0.3) is 0 Å². The van der Waals surface area contributed by atoms with Crippen LogP contribution in [-0.4, -0.2) is 32.6 Å². The monoisotopic (exact) mass is 401 g/mol. The van der Waals surface area contributed by atoms with E-state index in [0.29, 0.717) is 11.0 Å². The molecule has 2 aromatic carbocycles. The Morgan fingerprint density at radius 3 is 2.54 bits per heavy atom. The molecule has 0 aliphatic rings. The smallest absolute Gasteiger partial charge is 0.316 e. The first kappa shape index (κ1) is 19.9. The fourth-order valence-electron chi connectivity index (χ4n) is 2.45. The molecule has 0 N–H and O–H groups in total. The van der Waals surface area contributed by atoms with Gasteiger partial charge in [0.2, 0.25) is 0 Å². The van der Waals surface area contributed by atoms with Gasteiger partial charge < -0.3 is 9.47 Å². The lowest BCUT2D eigenvalue weighted by atomic mass is 10.3. The van der Waals surface area contributed by atoms with Gasteiger partial charge in [-0.15, -0.1) is 10.2 Å².